The second-order valence-corrected chi connectivity index (χ2v) is 8.43. The summed E-state index contributed by atoms with van der Waals surface area (Å²) in [6.07, 6.45) is -1.06. The van der Waals surface area contributed by atoms with Crippen LogP contribution in [0.1, 0.15) is 17.2 Å². The third-order valence-electron chi connectivity index (χ3n) is 5.91. The van der Waals surface area contributed by atoms with Gasteiger partial charge in [-0.05, 0) is 42.8 Å². The van der Waals surface area contributed by atoms with Crippen LogP contribution < -0.4 is 9.96 Å². The van der Waals surface area contributed by atoms with Crippen molar-refractivity contribution in [2.24, 2.45) is 5.92 Å². The maximum Gasteiger partial charge on any atom is 0.271 e. The summed E-state index contributed by atoms with van der Waals surface area (Å²) in [4.78, 5) is 44.8. The van der Waals surface area contributed by atoms with Crippen molar-refractivity contribution < 1.29 is 19.3 Å². The van der Waals surface area contributed by atoms with Crippen LogP contribution in [0.15, 0.2) is 72.8 Å². The Hall–Kier alpha value is -3.75. The molecule has 0 unspecified atom stereocenters. The van der Waals surface area contributed by atoms with Gasteiger partial charge in [-0.1, -0.05) is 47.5 Å². The number of aryl methyl sites for hydroxylation is 1. The van der Waals surface area contributed by atoms with Crippen LogP contribution in [-0.2, 0) is 14.4 Å². The summed E-state index contributed by atoms with van der Waals surface area (Å²) in [5.74, 6) is -1.71. The predicted molar refractivity (Wildman–Crippen MR) is 122 cm³/mol. The van der Waals surface area contributed by atoms with E-state index in [1.807, 2.05) is 31.2 Å². The van der Waals surface area contributed by atoms with Gasteiger partial charge in [0, 0.05) is 17.2 Å². The molecule has 0 radical (unpaired) electrons. The monoisotopic (exact) mass is 463 g/mol. The highest BCUT2D eigenvalue weighted by Crippen LogP contribution is 2.48. The fourth-order valence-corrected chi connectivity index (χ4v) is 4.46. The van der Waals surface area contributed by atoms with Gasteiger partial charge in [0.15, 0.2) is 6.10 Å². The third-order valence-corrected chi connectivity index (χ3v) is 6.17. The zero-order chi connectivity index (χ0) is 23.3. The minimum atomic E-state index is -1.06. The lowest BCUT2D eigenvalue weighted by molar-refractivity contribution is -0.384. The van der Waals surface area contributed by atoms with E-state index in [1.165, 1.54) is 17.2 Å². The Labute approximate surface area is 194 Å². The smallest absolute Gasteiger partial charge is 0.271 e. The van der Waals surface area contributed by atoms with Crippen LogP contribution in [0.5, 0.6) is 0 Å². The number of nitro benzene ring substituents is 1. The Bertz CT molecular complexity index is 1260. The number of nitro groups is 1. The lowest BCUT2D eigenvalue weighted by Gasteiger charge is -2.28. The summed E-state index contributed by atoms with van der Waals surface area (Å²) in [6, 6.07) is 19.3. The van der Waals surface area contributed by atoms with Crippen molar-refractivity contribution >= 4 is 40.5 Å². The number of imide groups is 1. The number of carbonyl (C=O) groups is 2. The average molecular weight is 464 g/mol. The van der Waals surface area contributed by atoms with Crippen molar-refractivity contribution in [1.29, 1.82) is 0 Å². The Balaban J connectivity index is 1.59. The van der Waals surface area contributed by atoms with E-state index < -0.39 is 34.8 Å². The highest BCUT2D eigenvalue weighted by atomic mass is 35.5. The van der Waals surface area contributed by atoms with E-state index in [1.54, 1.807) is 36.4 Å². The van der Waals surface area contributed by atoms with Crippen molar-refractivity contribution in [3.05, 3.63) is 99.1 Å². The molecule has 9 heteroatoms. The van der Waals surface area contributed by atoms with E-state index in [9.17, 15) is 19.7 Å². The van der Waals surface area contributed by atoms with Gasteiger partial charge in [-0.25, -0.2) is 9.96 Å². The summed E-state index contributed by atoms with van der Waals surface area (Å²) in [5, 5.41) is 13.2. The van der Waals surface area contributed by atoms with Crippen LogP contribution in [0.3, 0.4) is 0 Å². The molecule has 2 amide bonds. The van der Waals surface area contributed by atoms with Crippen molar-refractivity contribution in [2.75, 3.05) is 9.96 Å². The van der Waals surface area contributed by atoms with E-state index >= 15 is 0 Å². The molecule has 0 saturated carbocycles. The van der Waals surface area contributed by atoms with Gasteiger partial charge < -0.3 is 0 Å². The number of fused-ring (bicyclic) bond motifs is 1. The number of hydrogen-bond acceptors (Lipinski definition) is 6. The second kappa shape index (κ2) is 7.99. The summed E-state index contributed by atoms with van der Waals surface area (Å²) < 4.78 is 0. The first-order valence-corrected chi connectivity index (χ1v) is 10.6. The quantitative estimate of drug-likeness (QED) is 0.319. The molecule has 3 atom stereocenters. The minimum absolute atomic E-state index is 0.115. The predicted octanol–water partition coefficient (Wildman–Crippen LogP) is 4.61. The Morgan fingerprint density at radius 2 is 1.64 bits per heavy atom. The zero-order valence-corrected chi connectivity index (χ0v) is 18.2. The number of carbonyl (C=O) groups excluding carboxylic acids is 2. The normalized spacial score (nSPS) is 22.1. The molecule has 33 heavy (non-hydrogen) atoms. The van der Waals surface area contributed by atoms with Crippen molar-refractivity contribution in [1.82, 2.24) is 0 Å². The average Bonchev–Trinajstić information content (AvgIpc) is 3.31. The number of hydroxylamine groups is 1. The van der Waals surface area contributed by atoms with Gasteiger partial charge in [0.25, 0.3) is 11.6 Å². The third kappa shape index (κ3) is 3.53. The SMILES string of the molecule is Cc1ccc([C@@H]2[C@@H]3C(=O)N(c4ccc(Cl)cc4)C(=O)[C@@H]3ON2c2cccc([N+](=O)[O-])c2)cc1. The molecular formula is C24H18ClN3O5. The molecule has 0 N–H and O–H groups in total. The van der Waals surface area contributed by atoms with Gasteiger partial charge in [-0.15, -0.1) is 0 Å². The minimum Gasteiger partial charge on any atom is -0.273 e. The number of amides is 2. The van der Waals surface area contributed by atoms with Crippen molar-refractivity contribution in [3.63, 3.8) is 0 Å². The van der Waals surface area contributed by atoms with Crippen LogP contribution in [-0.4, -0.2) is 22.8 Å². The number of anilines is 2. The van der Waals surface area contributed by atoms with E-state index in [2.05, 4.69) is 0 Å². The van der Waals surface area contributed by atoms with Crippen LogP contribution in [0.4, 0.5) is 17.1 Å². The summed E-state index contributed by atoms with van der Waals surface area (Å²) in [7, 11) is 0. The van der Waals surface area contributed by atoms with Gasteiger partial charge in [0.2, 0.25) is 5.91 Å². The van der Waals surface area contributed by atoms with E-state index in [4.69, 9.17) is 16.4 Å². The standard InChI is InChI=1S/C24H18ClN3O5/c1-14-5-7-15(8-6-14)21-20-22(33-27(21)18-3-2-4-19(13-18)28(31)32)24(30)26(23(20)29)17-11-9-16(25)10-12-17/h2-13,20-22H,1H3/t20-,21+,22+/m0/s1. The molecule has 2 fully saturated rings. The molecule has 2 heterocycles. The lowest BCUT2D eigenvalue weighted by Crippen LogP contribution is -2.37. The molecule has 2 saturated heterocycles. The molecule has 5 rings (SSSR count). The Kier molecular flexibility index (Phi) is 5.11. The Morgan fingerprint density at radius 1 is 0.939 bits per heavy atom. The molecule has 0 aliphatic carbocycles. The molecule has 2 aliphatic heterocycles. The van der Waals surface area contributed by atoms with Crippen LogP contribution >= 0.6 is 11.6 Å². The molecule has 0 spiro atoms. The number of rotatable bonds is 4. The molecule has 8 nitrogen and oxygen atoms in total. The van der Waals surface area contributed by atoms with Gasteiger partial charge in [-0.3, -0.25) is 24.5 Å². The van der Waals surface area contributed by atoms with Crippen LogP contribution in [0.2, 0.25) is 5.02 Å². The molecule has 166 valence electrons. The van der Waals surface area contributed by atoms with Gasteiger partial charge in [0.05, 0.1) is 22.3 Å². The van der Waals surface area contributed by atoms with Crippen molar-refractivity contribution in [2.45, 2.75) is 19.1 Å². The largest absolute Gasteiger partial charge is 0.273 e. The molecule has 3 aromatic rings. The lowest BCUT2D eigenvalue weighted by atomic mass is 9.90. The first-order chi connectivity index (χ1) is 15.8. The highest BCUT2D eigenvalue weighted by molar-refractivity contribution is 6.31. The fraction of sp³-hybridized carbons (Fsp3) is 0.167. The fourth-order valence-electron chi connectivity index (χ4n) is 4.33. The van der Waals surface area contributed by atoms with Gasteiger partial charge >= 0.3 is 0 Å². The van der Waals surface area contributed by atoms with Crippen molar-refractivity contribution in [3.8, 4) is 0 Å². The molecular weight excluding hydrogens is 446 g/mol. The zero-order valence-electron chi connectivity index (χ0n) is 17.4. The number of hydrogen-bond donors (Lipinski definition) is 0. The first kappa shape index (κ1) is 21.1. The number of non-ortho nitro benzene ring substituents is 1. The van der Waals surface area contributed by atoms with Gasteiger partial charge in [0.1, 0.15) is 5.92 Å². The molecule has 0 bridgehead atoms. The highest BCUT2D eigenvalue weighted by Gasteiger charge is 2.60. The van der Waals surface area contributed by atoms with E-state index in [-0.39, 0.29) is 5.69 Å². The Morgan fingerprint density at radius 3 is 2.30 bits per heavy atom. The van der Waals surface area contributed by atoms with Crippen LogP contribution in [0, 0.1) is 23.0 Å². The summed E-state index contributed by atoms with van der Waals surface area (Å²) >= 11 is 5.96. The number of halogens is 1. The topological polar surface area (TPSA) is 93.0 Å². The maximum absolute atomic E-state index is 13.5. The summed E-state index contributed by atoms with van der Waals surface area (Å²) in [5.41, 5.74) is 2.49. The molecule has 3 aromatic carbocycles. The van der Waals surface area contributed by atoms with E-state index in [0.29, 0.717) is 16.4 Å². The molecule has 0 aromatic heterocycles. The van der Waals surface area contributed by atoms with Crippen LogP contribution in [0.25, 0.3) is 0 Å². The maximum atomic E-state index is 13.5. The van der Waals surface area contributed by atoms with Gasteiger partial charge in [-0.2, -0.15) is 0 Å². The molecule has 2 aliphatic rings. The first-order valence-electron chi connectivity index (χ1n) is 10.3. The van der Waals surface area contributed by atoms with E-state index in [0.717, 1.165) is 16.0 Å². The second-order valence-electron chi connectivity index (χ2n) is 8.00. The number of nitrogens with zero attached hydrogens (tertiary/aromatic N) is 3. The number of benzene rings is 3. The summed E-state index contributed by atoms with van der Waals surface area (Å²) in [6.45, 7) is 1.95.